The SMILES string of the molecule is CC/C=C\C/C=C\C/C=C\C/C=C\C/C=C\C/C=C\C/C=C\C/C=C\C/C=C\C/C=C\CCCCCCCCC(=O)NC(CO)C(O)CCCCCCCCCCCCCCCC. The van der Waals surface area contributed by atoms with Crippen LogP contribution in [0.4, 0.5) is 0 Å². The summed E-state index contributed by atoms with van der Waals surface area (Å²) in [5.41, 5.74) is 0. The molecule has 0 saturated carbocycles. The van der Waals surface area contributed by atoms with Gasteiger partial charge in [0.15, 0.2) is 0 Å². The minimum atomic E-state index is -0.673. The lowest BCUT2D eigenvalue weighted by Gasteiger charge is -2.22. The average molecular weight is 870 g/mol. The second-order valence-corrected chi connectivity index (χ2v) is 17.2. The van der Waals surface area contributed by atoms with Crippen LogP contribution in [0.3, 0.4) is 0 Å². The van der Waals surface area contributed by atoms with E-state index in [-0.39, 0.29) is 12.5 Å². The molecule has 0 aliphatic heterocycles. The van der Waals surface area contributed by atoms with E-state index in [1.54, 1.807) is 0 Å². The number of carbonyl (C=O) groups is 1. The Kier molecular flexibility index (Phi) is 50.4. The van der Waals surface area contributed by atoms with Crippen LogP contribution in [-0.2, 0) is 4.79 Å². The molecule has 0 heterocycles. The van der Waals surface area contributed by atoms with E-state index in [9.17, 15) is 15.0 Å². The van der Waals surface area contributed by atoms with Crippen molar-refractivity contribution >= 4 is 5.91 Å². The summed E-state index contributed by atoms with van der Waals surface area (Å²) in [5, 5.41) is 23.2. The molecular formula is C59H99NO3. The van der Waals surface area contributed by atoms with Gasteiger partial charge in [-0.25, -0.2) is 0 Å². The lowest BCUT2D eigenvalue weighted by Crippen LogP contribution is -2.45. The fourth-order valence-electron chi connectivity index (χ4n) is 7.27. The molecule has 0 aliphatic carbocycles. The van der Waals surface area contributed by atoms with Gasteiger partial charge in [-0.15, -0.1) is 0 Å². The zero-order chi connectivity index (χ0) is 45.6. The van der Waals surface area contributed by atoms with Crippen molar-refractivity contribution in [3.8, 4) is 0 Å². The van der Waals surface area contributed by atoms with Crippen LogP contribution in [0.5, 0.6) is 0 Å². The average Bonchev–Trinajstić information content (AvgIpc) is 3.29. The van der Waals surface area contributed by atoms with Crippen LogP contribution < -0.4 is 5.32 Å². The lowest BCUT2D eigenvalue weighted by molar-refractivity contribution is -0.123. The molecule has 0 fully saturated rings. The van der Waals surface area contributed by atoms with Gasteiger partial charge in [-0.3, -0.25) is 4.79 Å². The Bertz CT molecular complexity index is 1260. The van der Waals surface area contributed by atoms with Crippen molar-refractivity contribution < 1.29 is 15.0 Å². The third-order valence-corrected chi connectivity index (χ3v) is 11.2. The fraction of sp³-hybridized carbons (Fsp3) is 0.644. The fourth-order valence-corrected chi connectivity index (χ4v) is 7.27. The smallest absolute Gasteiger partial charge is 0.220 e. The van der Waals surface area contributed by atoms with E-state index in [1.165, 1.54) is 96.3 Å². The van der Waals surface area contributed by atoms with E-state index in [2.05, 4.69) is 141 Å². The molecule has 4 heteroatoms. The zero-order valence-electron chi connectivity index (χ0n) is 41.0. The first-order chi connectivity index (χ1) is 31.2. The summed E-state index contributed by atoms with van der Waals surface area (Å²) in [5.74, 6) is -0.0511. The summed E-state index contributed by atoms with van der Waals surface area (Å²) < 4.78 is 0. The molecule has 3 N–H and O–H groups in total. The number of rotatable bonds is 46. The minimum Gasteiger partial charge on any atom is -0.394 e. The first-order valence-electron chi connectivity index (χ1n) is 26.2. The predicted molar refractivity (Wildman–Crippen MR) is 280 cm³/mol. The molecule has 0 radical (unpaired) electrons. The number of allylic oxidation sites excluding steroid dienone is 20. The van der Waals surface area contributed by atoms with Crippen molar-refractivity contribution in [3.05, 3.63) is 122 Å². The van der Waals surface area contributed by atoms with E-state index in [1.807, 2.05) is 0 Å². The summed E-state index contributed by atoms with van der Waals surface area (Å²) in [7, 11) is 0. The van der Waals surface area contributed by atoms with E-state index >= 15 is 0 Å². The lowest BCUT2D eigenvalue weighted by atomic mass is 10.0. The van der Waals surface area contributed by atoms with Gasteiger partial charge in [0.25, 0.3) is 0 Å². The third kappa shape index (κ3) is 49.7. The van der Waals surface area contributed by atoms with Crippen LogP contribution in [0.25, 0.3) is 0 Å². The van der Waals surface area contributed by atoms with E-state index < -0.39 is 12.1 Å². The Labute approximate surface area is 390 Å². The maximum Gasteiger partial charge on any atom is 0.220 e. The molecule has 0 aliphatic rings. The van der Waals surface area contributed by atoms with E-state index in [0.717, 1.165) is 103 Å². The van der Waals surface area contributed by atoms with Gasteiger partial charge < -0.3 is 15.5 Å². The molecule has 358 valence electrons. The first-order valence-corrected chi connectivity index (χ1v) is 26.2. The van der Waals surface area contributed by atoms with Crippen LogP contribution in [0.2, 0.25) is 0 Å². The number of nitrogens with one attached hydrogen (secondary N) is 1. The molecule has 0 aromatic rings. The summed E-state index contributed by atoms with van der Waals surface area (Å²) in [6, 6.07) is -0.552. The van der Waals surface area contributed by atoms with Crippen molar-refractivity contribution in [1.29, 1.82) is 0 Å². The quantitative estimate of drug-likeness (QED) is 0.0422. The van der Waals surface area contributed by atoms with Gasteiger partial charge >= 0.3 is 0 Å². The van der Waals surface area contributed by atoms with E-state index in [4.69, 9.17) is 0 Å². The number of hydrogen-bond donors (Lipinski definition) is 3. The van der Waals surface area contributed by atoms with Crippen molar-refractivity contribution in [2.45, 2.75) is 238 Å². The molecule has 0 saturated heterocycles. The van der Waals surface area contributed by atoms with Crippen LogP contribution in [-0.4, -0.2) is 34.9 Å². The van der Waals surface area contributed by atoms with Gasteiger partial charge in [-0.05, 0) is 89.9 Å². The Morgan fingerprint density at radius 3 is 1.05 bits per heavy atom. The molecule has 2 unspecified atom stereocenters. The Balaban J connectivity index is 3.64. The number of amides is 1. The minimum absolute atomic E-state index is 0.0511. The molecule has 2 atom stereocenters. The number of aliphatic hydroxyl groups is 2. The van der Waals surface area contributed by atoms with Gasteiger partial charge in [-0.2, -0.15) is 0 Å². The van der Waals surface area contributed by atoms with E-state index in [0.29, 0.717) is 12.8 Å². The van der Waals surface area contributed by atoms with Crippen LogP contribution in [0.1, 0.15) is 226 Å². The van der Waals surface area contributed by atoms with Crippen molar-refractivity contribution in [2.24, 2.45) is 0 Å². The molecule has 1 amide bonds. The normalized spacial score (nSPS) is 13.9. The molecule has 0 rings (SSSR count). The highest BCUT2D eigenvalue weighted by Gasteiger charge is 2.20. The Morgan fingerprint density at radius 1 is 0.397 bits per heavy atom. The highest BCUT2D eigenvalue weighted by molar-refractivity contribution is 5.76. The van der Waals surface area contributed by atoms with Crippen molar-refractivity contribution in [3.63, 3.8) is 0 Å². The first kappa shape index (κ1) is 59.8. The molecule has 0 aromatic carbocycles. The Morgan fingerprint density at radius 2 is 0.698 bits per heavy atom. The van der Waals surface area contributed by atoms with Gasteiger partial charge in [-0.1, -0.05) is 251 Å². The maximum absolute atomic E-state index is 12.4. The summed E-state index contributed by atoms with van der Waals surface area (Å²) in [6.45, 7) is 4.23. The number of carbonyl (C=O) groups excluding carboxylic acids is 1. The standard InChI is InChI=1S/C59H99NO3/c1-3-5-7-9-11-13-15-17-19-20-21-22-23-24-25-26-27-28-29-30-31-32-33-34-35-36-37-38-39-40-41-43-45-47-49-51-53-55-59(63)60-57(56-61)58(62)54-52-50-48-46-44-42-18-16-14-12-10-8-6-4-2/h5,7,11,13,17,19,21-22,24-25,27-28,30-31,33-34,36-37,39-40,57-58,61-62H,3-4,6,8-10,12,14-16,18,20,23,26,29,32,35,38,41-56H2,1-2H3,(H,60,63)/b7-5-,13-11-,19-17-,22-21-,25-24-,28-27-,31-30-,34-33-,37-36-,40-39-. The second kappa shape index (κ2) is 53.1. The summed E-state index contributed by atoms with van der Waals surface area (Å²) >= 11 is 0. The van der Waals surface area contributed by atoms with Crippen molar-refractivity contribution in [1.82, 2.24) is 5.32 Å². The molecule has 63 heavy (non-hydrogen) atoms. The van der Waals surface area contributed by atoms with Crippen LogP contribution >= 0.6 is 0 Å². The topological polar surface area (TPSA) is 69.6 Å². The highest BCUT2D eigenvalue weighted by Crippen LogP contribution is 2.15. The molecule has 0 aromatic heterocycles. The second-order valence-electron chi connectivity index (χ2n) is 17.2. The molecule has 0 bridgehead atoms. The van der Waals surface area contributed by atoms with Gasteiger partial charge in [0.2, 0.25) is 5.91 Å². The monoisotopic (exact) mass is 870 g/mol. The molecule has 0 spiro atoms. The predicted octanol–water partition coefficient (Wildman–Crippen LogP) is 17.3. The van der Waals surface area contributed by atoms with Crippen LogP contribution in [0, 0.1) is 0 Å². The van der Waals surface area contributed by atoms with Crippen LogP contribution in [0.15, 0.2) is 122 Å². The summed E-state index contributed by atoms with van der Waals surface area (Å²) in [4.78, 5) is 12.4. The van der Waals surface area contributed by atoms with Gasteiger partial charge in [0, 0.05) is 6.42 Å². The largest absolute Gasteiger partial charge is 0.394 e. The number of aliphatic hydroxyl groups excluding tert-OH is 2. The van der Waals surface area contributed by atoms with Gasteiger partial charge in [0.05, 0.1) is 18.8 Å². The number of unbranched alkanes of at least 4 members (excludes halogenated alkanes) is 19. The third-order valence-electron chi connectivity index (χ3n) is 11.2. The summed E-state index contributed by atoms with van der Waals surface area (Å²) in [6.07, 6.45) is 81.6. The molecule has 4 nitrogen and oxygen atoms in total. The molecular weight excluding hydrogens is 771 g/mol. The number of hydrogen-bond acceptors (Lipinski definition) is 3. The zero-order valence-corrected chi connectivity index (χ0v) is 41.0. The Hall–Kier alpha value is -3.21. The highest BCUT2D eigenvalue weighted by atomic mass is 16.3. The van der Waals surface area contributed by atoms with Crippen molar-refractivity contribution in [2.75, 3.05) is 6.61 Å². The van der Waals surface area contributed by atoms with Gasteiger partial charge in [0.1, 0.15) is 0 Å². The maximum atomic E-state index is 12.4.